The maximum Gasteiger partial charge on any atom is 0.271 e. The molecule has 6 rings (SSSR count). The molecule has 1 aromatic heterocycles. The van der Waals surface area contributed by atoms with E-state index < -0.39 is 0 Å². The molecule has 0 radical (unpaired) electrons. The molecule has 4 aromatic rings. The average molecular weight is 469 g/mol. The topological polar surface area (TPSA) is 34.4 Å². The number of halogens is 1. The van der Waals surface area contributed by atoms with E-state index in [1.54, 1.807) is 0 Å². The zero-order valence-electron chi connectivity index (χ0n) is 18.1. The number of rotatable bonds is 2. The fourth-order valence-corrected chi connectivity index (χ4v) is 5.91. The number of benzene rings is 3. The molecule has 1 aliphatic heterocycles. The molecular weight excluding hydrogens is 448 g/mol. The maximum absolute atomic E-state index is 13.7. The van der Waals surface area contributed by atoms with Gasteiger partial charge < -0.3 is 0 Å². The Labute approximate surface area is 200 Å². The van der Waals surface area contributed by atoms with Gasteiger partial charge in [0.2, 0.25) is 0 Å². The summed E-state index contributed by atoms with van der Waals surface area (Å²) in [7, 11) is 0. The lowest BCUT2D eigenvalue weighted by molar-refractivity contribution is 0.585. The van der Waals surface area contributed by atoms with E-state index >= 15 is 0 Å². The third kappa shape index (κ3) is 3.50. The highest BCUT2D eigenvalue weighted by atomic mass is 35.5. The Morgan fingerprint density at radius 3 is 2.55 bits per heavy atom. The van der Waals surface area contributed by atoms with Crippen LogP contribution in [0.1, 0.15) is 40.3 Å². The Bertz CT molecular complexity index is 1590. The summed E-state index contributed by atoms with van der Waals surface area (Å²) in [5.74, 6) is 0. The average Bonchev–Trinajstić information content (AvgIpc) is 3.14. The number of thiazole rings is 1. The van der Waals surface area contributed by atoms with E-state index in [0.29, 0.717) is 9.55 Å². The van der Waals surface area contributed by atoms with Gasteiger partial charge in [0, 0.05) is 10.6 Å². The lowest BCUT2D eigenvalue weighted by atomic mass is 9.83. The monoisotopic (exact) mass is 468 g/mol. The van der Waals surface area contributed by atoms with Crippen LogP contribution in [0, 0.1) is 6.92 Å². The predicted octanol–water partition coefficient (Wildman–Crippen LogP) is 5.28. The van der Waals surface area contributed by atoms with Gasteiger partial charge in [-0.2, -0.15) is 0 Å². The lowest BCUT2D eigenvalue weighted by Crippen LogP contribution is -2.38. The minimum atomic E-state index is -0.179. The molecule has 0 fully saturated rings. The van der Waals surface area contributed by atoms with Crippen LogP contribution in [0.5, 0.6) is 0 Å². The van der Waals surface area contributed by atoms with E-state index in [0.717, 1.165) is 34.5 Å². The molecule has 5 heteroatoms. The highest BCUT2D eigenvalue weighted by molar-refractivity contribution is 7.07. The van der Waals surface area contributed by atoms with Crippen LogP contribution in [0.3, 0.4) is 0 Å². The lowest BCUT2D eigenvalue weighted by Gasteiger charge is -2.30. The highest BCUT2D eigenvalue weighted by Gasteiger charge is 2.32. The van der Waals surface area contributed by atoms with Gasteiger partial charge in [-0.05, 0) is 60.2 Å². The second-order valence-corrected chi connectivity index (χ2v) is 10.0. The van der Waals surface area contributed by atoms with E-state index in [-0.39, 0.29) is 11.6 Å². The molecule has 0 bridgehead atoms. The molecule has 3 aromatic carbocycles. The van der Waals surface area contributed by atoms with Crippen LogP contribution in [0.25, 0.3) is 11.8 Å². The summed E-state index contributed by atoms with van der Waals surface area (Å²) < 4.78 is 2.57. The van der Waals surface area contributed by atoms with Crippen molar-refractivity contribution in [3.05, 3.63) is 131 Å². The fourth-order valence-electron chi connectivity index (χ4n) is 4.78. The molecule has 0 amide bonds. The van der Waals surface area contributed by atoms with Gasteiger partial charge >= 0.3 is 0 Å². The third-order valence-corrected chi connectivity index (χ3v) is 7.67. The summed E-state index contributed by atoms with van der Waals surface area (Å²) in [4.78, 5) is 19.5. The Morgan fingerprint density at radius 2 is 1.76 bits per heavy atom. The molecule has 0 N–H and O–H groups in total. The van der Waals surface area contributed by atoms with Crippen LogP contribution in [0.2, 0.25) is 5.02 Å². The van der Waals surface area contributed by atoms with Crippen LogP contribution < -0.4 is 14.9 Å². The van der Waals surface area contributed by atoms with E-state index in [1.165, 1.54) is 33.6 Å². The van der Waals surface area contributed by atoms with Crippen molar-refractivity contribution in [1.29, 1.82) is 0 Å². The number of nitrogens with zero attached hydrogens (tertiary/aromatic N) is 2. The van der Waals surface area contributed by atoms with Gasteiger partial charge in [-0.25, -0.2) is 4.99 Å². The molecule has 1 atom stereocenters. The normalized spacial score (nSPS) is 17.3. The fraction of sp³-hybridized carbons (Fsp3) is 0.143. The molecule has 33 heavy (non-hydrogen) atoms. The van der Waals surface area contributed by atoms with Gasteiger partial charge in [-0.3, -0.25) is 9.36 Å². The van der Waals surface area contributed by atoms with Crippen molar-refractivity contribution in [2.75, 3.05) is 0 Å². The van der Waals surface area contributed by atoms with Gasteiger partial charge in [-0.1, -0.05) is 89.2 Å². The smallest absolute Gasteiger partial charge is 0.271 e. The van der Waals surface area contributed by atoms with Crippen molar-refractivity contribution in [1.82, 2.24) is 4.57 Å². The van der Waals surface area contributed by atoms with Crippen molar-refractivity contribution in [2.45, 2.75) is 25.8 Å². The summed E-state index contributed by atoms with van der Waals surface area (Å²) in [6.07, 6.45) is 3.80. The van der Waals surface area contributed by atoms with E-state index in [2.05, 4.69) is 43.3 Å². The number of aryl methyl sites for hydroxylation is 2. The molecule has 1 aliphatic carbocycles. The second-order valence-electron chi connectivity index (χ2n) is 8.58. The van der Waals surface area contributed by atoms with Gasteiger partial charge in [0.05, 0.1) is 16.3 Å². The highest BCUT2D eigenvalue weighted by Crippen LogP contribution is 2.41. The minimum absolute atomic E-state index is 0.00434. The van der Waals surface area contributed by atoms with E-state index in [1.807, 2.05) is 47.0 Å². The number of hydrogen-bond acceptors (Lipinski definition) is 3. The summed E-state index contributed by atoms with van der Waals surface area (Å²) in [6, 6.07) is 24.4. The van der Waals surface area contributed by atoms with Crippen LogP contribution in [0.4, 0.5) is 0 Å². The number of hydrogen-bond donors (Lipinski definition) is 0. The van der Waals surface area contributed by atoms with E-state index in [9.17, 15) is 4.79 Å². The molecule has 162 valence electrons. The van der Waals surface area contributed by atoms with E-state index in [4.69, 9.17) is 16.6 Å². The summed E-state index contributed by atoms with van der Waals surface area (Å²) in [5, 5.41) is 0.689. The van der Waals surface area contributed by atoms with Crippen LogP contribution in [-0.4, -0.2) is 4.57 Å². The zero-order chi connectivity index (χ0) is 22.5. The second kappa shape index (κ2) is 7.98. The Balaban J connectivity index is 1.62. The van der Waals surface area contributed by atoms with Crippen molar-refractivity contribution in [2.24, 2.45) is 4.99 Å². The first-order chi connectivity index (χ1) is 16.1. The molecular formula is C28H21ClN2OS. The Kier molecular flexibility index (Phi) is 4.93. The van der Waals surface area contributed by atoms with Crippen molar-refractivity contribution in [3.63, 3.8) is 0 Å². The maximum atomic E-state index is 13.7. The predicted molar refractivity (Wildman–Crippen MR) is 135 cm³/mol. The molecule has 2 heterocycles. The first kappa shape index (κ1) is 20.4. The standard InChI is InChI=1S/C28H21ClN2OS/c1-17-6-8-18(9-7-17)16-24-27(32)31-26(20-10-13-21(29)14-11-20)23-15-12-19-4-2-3-5-22(19)25(23)30-28(31)33-24/h2-11,13-14,16,26H,12,15H2,1H3/b24-16+/t26-/m1/s1. The SMILES string of the molecule is Cc1ccc(/C=c2/sc3n(c2=O)[C@H](c2ccc(Cl)cc2)C2=C(N=3)c3ccccc3CC2)cc1. The largest absolute Gasteiger partial charge is 0.272 e. The van der Waals surface area contributed by atoms with Crippen molar-refractivity contribution in [3.8, 4) is 0 Å². The van der Waals surface area contributed by atoms with Gasteiger partial charge in [0.1, 0.15) is 0 Å². The summed E-state index contributed by atoms with van der Waals surface area (Å²) >= 11 is 7.65. The Morgan fingerprint density at radius 1 is 1.00 bits per heavy atom. The van der Waals surface area contributed by atoms with Gasteiger partial charge in [0.25, 0.3) is 5.56 Å². The first-order valence-electron chi connectivity index (χ1n) is 11.0. The van der Waals surface area contributed by atoms with Gasteiger partial charge in [0.15, 0.2) is 4.80 Å². The van der Waals surface area contributed by atoms with Crippen molar-refractivity contribution < 1.29 is 0 Å². The number of aromatic nitrogens is 1. The molecule has 3 nitrogen and oxygen atoms in total. The third-order valence-electron chi connectivity index (χ3n) is 6.43. The molecule has 0 spiro atoms. The van der Waals surface area contributed by atoms with Gasteiger partial charge in [-0.15, -0.1) is 0 Å². The minimum Gasteiger partial charge on any atom is -0.272 e. The Hall–Kier alpha value is -3.21. The molecule has 0 saturated carbocycles. The first-order valence-corrected chi connectivity index (χ1v) is 12.2. The molecule has 2 aliphatic rings. The summed E-state index contributed by atoms with van der Waals surface area (Å²) in [5.41, 5.74) is 7.98. The number of fused-ring (bicyclic) bond motifs is 3. The molecule has 0 saturated heterocycles. The molecule has 0 unspecified atom stereocenters. The quantitative estimate of drug-likeness (QED) is 0.394. The van der Waals surface area contributed by atoms with Crippen molar-refractivity contribution >= 4 is 34.7 Å². The van der Waals surface area contributed by atoms with Crippen LogP contribution >= 0.6 is 22.9 Å². The van der Waals surface area contributed by atoms with Crippen LogP contribution in [-0.2, 0) is 6.42 Å². The zero-order valence-corrected chi connectivity index (χ0v) is 19.7. The van der Waals surface area contributed by atoms with Crippen LogP contribution in [0.15, 0.2) is 88.2 Å². The number of allylic oxidation sites excluding steroid dienone is 1. The summed E-state index contributed by atoms with van der Waals surface area (Å²) in [6.45, 7) is 2.06.